The Kier molecular flexibility index (Phi) is 4.37. The van der Waals surface area contributed by atoms with E-state index in [1.165, 1.54) is 12.1 Å². The summed E-state index contributed by atoms with van der Waals surface area (Å²) in [6.07, 6.45) is 0. The van der Waals surface area contributed by atoms with E-state index in [9.17, 15) is 9.18 Å². The van der Waals surface area contributed by atoms with Crippen LogP contribution in [-0.2, 0) is 0 Å². The maximum Gasteiger partial charge on any atom is 0.201 e. The third kappa shape index (κ3) is 3.42. The molecule has 1 heterocycles. The van der Waals surface area contributed by atoms with Crippen molar-refractivity contribution >= 4 is 33.0 Å². The van der Waals surface area contributed by atoms with Crippen LogP contribution in [-0.4, -0.2) is 12.4 Å². The molecule has 100 valence electrons. The zero-order valence-electron chi connectivity index (χ0n) is 10.5. The first-order chi connectivity index (χ1) is 8.97. The van der Waals surface area contributed by atoms with Crippen molar-refractivity contribution in [2.24, 2.45) is 0 Å². The molecule has 0 N–H and O–H groups in total. The van der Waals surface area contributed by atoms with Crippen LogP contribution < -0.4 is 4.74 Å². The van der Waals surface area contributed by atoms with Crippen molar-refractivity contribution in [1.82, 2.24) is 0 Å². The maximum atomic E-state index is 13.5. The van der Waals surface area contributed by atoms with Crippen molar-refractivity contribution in [1.29, 1.82) is 0 Å². The van der Waals surface area contributed by atoms with Gasteiger partial charge in [0, 0.05) is 19.8 Å². The second-order valence-electron chi connectivity index (χ2n) is 4.11. The van der Waals surface area contributed by atoms with E-state index < -0.39 is 5.82 Å². The van der Waals surface area contributed by atoms with Crippen LogP contribution in [0.5, 0.6) is 5.75 Å². The normalized spacial score (nSPS) is 10.5. The van der Waals surface area contributed by atoms with Gasteiger partial charge < -0.3 is 4.74 Å². The fourth-order valence-electron chi connectivity index (χ4n) is 1.72. The van der Waals surface area contributed by atoms with Crippen molar-refractivity contribution in [2.75, 3.05) is 6.61 Å². The number of carbonyl (C=O) groups is 1. The Labute approximate surface area is 123 Å². The monoisotopic (exact) mass is 342 g/mol. The maximum absolute atomic E-state index is 13.5. The lowest BCUT2D eigenvalue weighted by Gasteiger charge is -2.06. The van der Waals surface area contributed by atoms with Crippen LogP contribution >= 0.6 is 27.3 Å². The van der Waals surface area contributed by atoms with Gasteiger partial charge in [-0.15, -0.1) is 11.3 Å². The number of carbonyl (C=O) groups excluding carboxylic acids is 1. The number of thiophene rings is 1. The number of hydrogen-bond donors (Lipinski definition) is 0. The Bertz CT molecular complexity index is 622. The van der Waals surface area contributed by atoms with Gasteiger partial charge in [0.05, 0.1) is 0 Å². The van der Waals surface area contributed by atoms with E-state index in [4.69, 9.17) is 4.74 Å². The average molecular weight is 343 g/mol. The largest absolute Gasteiger partial charge is 0.482 e. The standard InChI is InChI=1S/C14H12BrFO2S/c1-8-5-11(9(2)19-8)13(17)7-18-14-6-10(15)3-4-12(14)16/h3-6H,7H2,1-2H3. The quantitative estimate of drug-likeness (QED) is 0.763. The Morgan fingerprint density at radius 1 is 1.37 bits per heavy atom. The average Bonchev–Trinajstić information content (AvgIpc) is 2.69. The van der Waals surface area contributed by atoms with E-state index in [1.807, 2.05) is 19.9 Å². The van der Waals surface area contributed by atoms with Crippen LogP contribution in [0.25, 0.3) is 0 Å². The zero-order valence-corrected chi connectivity index (χ0v) is 12.9. The molecule has 0 aliphatic rings. The number of ether oxygens (including phenoxy) is 1. The lowest BCUT2D eigenvalue weighted by molar-refractivity contribution is 0.0918. The molecule has 1 aromatic carbocycles. The molecule has 0 aliphatic heterocycles. The predicted molar refractivity (Wildman–Crippen MR) is 77.7 cm³/mol. The number of aryl methyl sites for hydroxylation is 2. The van der Waals surface area contributed by atoms with Crippen molar-refractivity contribution in [3.63, 3.8) is 0 Å². The molecular weight excluding hydrogens is 331 g/mol. The molecule has 1 aromatic heterocycles. The van der Waals surface area contributed by atoms with Gasteiger partial charge in [0.15, 0.2) is 18.2 Å². The highest BCUT2D eigenvalue weighted by Gasteiger charge is 2.14. The van der Waals surface area contributed by atoms with Gasteiger partial charge in [0.1, 0.15) is 0 Å². The summed E-state index contributed by atoms with van der Waals surface area (Å²) in [6.45, 7) is 3.68. The summed E-state index contributed by atoms with van der Waals surface area (Å²) in [5.74, 6) is -0.539. The summed E-state index contributed by atoms with van der Waals surface area (Å²) >= 11 is 4.80. The fraction of sp³-hybridized carbons (Fsp3) is 0.214. The number of halogens is 2. The number of rotatable bonds is 4. The number of benzene rings is 1. The van der Waals surface area contributed by atoms with Crippen molar-refractivity contribution in [2.45, 2.75) is 13.8 Å². The van der Waals surface area contributed by atoms with E-state index in [2.05, 4.69) is 15.9 Å². The van der Waals surface area contributed by atoms with Gasteiger partial charge in [-0.25, -0.2) is 4.39 Å². The molecule has 0 radical (unpaired) electrons. The van der Waals surface area contributed by atoms with E-state index in [1.54, 1.807) is 17.4 Å². The first-order valence-corrected chi connectivity index (χ1v) is 7.26. The van der Waals surface area contributed by atoms with Gasteiger partial charge in [0.25, 0.3) is 0 Å². The molecule has 0 spiro atoms. The van der Waals surface area contributed by atoms with Gasteiger partial charge in [-0.3, -0.25) is 4.79 Å². The molecule has 0 amide bonds. The minimum absolute atomic E-state index is 0.0762. The van der Waals surface area contributed by atoms with Gasteiger partial charge in [0.2, 0.25) is 5.78 Å². The molecule has 0 bridgehead atoms. The fourth-order valence-corrected chi connectivity index (χ4v) is 3.00. The second kappa shape index (κ2) is 5.84. The Balaban J connectivity index is 2.08. The van der Waals surface area contributed by atoms with Crippen LogP contribution in [0.4, 0.5) is 4.39 Å². The SMILES string of the molecule is Cc1cc(C(=O)COc2cc(Br)ccc2F)c(C)s1. The van der Waals surface area contributed by atoms with Gasteiger partial charge >= 0.3 is 0 Å². The third-order valence-corrected chi connectivity index (χ3v) is 4.05. The number of hydrogen-bond acceptors (Lipinski definition) is 3. The number of ketones is 1. The summed E-state index contributed by atoms with van der Waals surface area (Å²) < 4.78 is 19.4. The van der Waals surface area contributed by atoms with Crippen LogP contribution in [0.2, 0.25) is 0 Å². The first kappa shape index (κ1) is 14.2. The molecule has 0 aliphatic carbocycles. The van der Waals surface area contributed by atoms with Gasteiger partial charge in [-0.05, 0) is 38.1 Å². The molecule has 0 fully saturated rings. The molecule has 0 saturated carbocycles. The highest BCUT2D eigenvalue weighted by molar-refractivity contribution is 9.10. The van der Waals surface area contributed by atoms with Gasteiger partial charge in [-0.1, -0.05) is 15.9 Å². The van der Waals surface area contributed by atoms with Crippen LogP contribution in [0.15, 0.2) is 28.7 Å². The van der Waals surface area contributed by atoms with E-state index in [0.717, 1.165) is 9.75 Å². The summed E-state index contributed by atoms with van der Waals surface area (Å²) in [5, 5.41) is 0. The topological polar surface area (TPSA) is 26.3 Å². The van der Waals surface area contributed by atoms with Crippen molar-refractivity contribution in [3.8, 4) is 5.75 Å². The molecule has 0 saturated heterocycles. The van der Waals surface area contributed by atoms with Crippen molar-refractivity contribution < 1.29 is 13.9 Å². The summed E-state index contributed by atoms with van der Waals surface area (Å²) in [5.41, 5.74) is 0.651. The van der Waals surface area contributed by atoms with Crippen LogP contribution in [0, 0.1) is 19.7 Å². The van der Waals surface area contributed by atoms with Crippen LogP contribution in [0.3, 0.4) is 0 Å². The second-order valence-corrected chi connectivity index (χ2v) is 6.49. The third-order valence-electron chi connectivity index (χ3n) is 2.59. The molecule has 2 rings (SSSR count). The van der Waals surface area contributed by atoms with E-state index in [-0.39, 0.29) is 18.1 Å². The lowest BCUT2D eigenvalue weighted by atomic mass is 10.2. The highest BCUT2D eigenvalue weighted by atomic mass is 79.9. The smallest absolute Gasteiger partial charge is 0.201 e. The van der Waals surface area contributed by atoms with E-state index in [0.29, 0.717) is 10.0 Å². The minimum Gasteiger partial charge on any atom is -0.482 e. The molecule has 2 nitrogen and oxygen atoms in total. The van der Waals surface area contributed by atoms with E-state index >= 15 is 0 Å². The molecule has 2 aromatic rings. The molecular formula is C14H12BrFO2S. The molecule has 5 heteroatoms. The first-order valence-electron chi connectivity index (χ1n) is 5.65. The molecule has 19 heavy (non-hydrogen) atoms. The van der Waals surface area contributed by atoms with Crippen LogP contribution in [0.1, 0.15) is 20.1 Å². The predicted octanol–water partition coefficient (Wildman–Crippen LogP) is 4.53. The summed E-state index contributed by atoms with van der Waals surface area (Å²) in [7, 11) is 0. The molecule has 0 atom stereocenters. The Hall–Kier alpha value is -1.20. The minimum atomic E-state index is -0.478. The molecule has 0 unspecified atom stereocenters. The highest BCUT2D eigenvalue weighted by Crippen LogP contribution is 2.24. The summed E-state index contributed by atoms with van der Waals surface area (Å²) in [6, 6.07) is 6.22. The Morgan fingerprint density at radius 3 is 2.74 bits per heavy atom. The Morgan fingerprint density at radius 2 is 2.11 bits per heavy atom. The number of Topliss-reactive ketones (excluding diaryl/α,β-unsaturated/α-hetero) is 1. The summed E-state index contributed by atoms with van der Waals surface area (Å²) in [4.78, 5) is 14.0. The van der Waals surface area contributed by atoms with Crippen molar-refractivity contribution in [3.05, 3.63) is 49.9 Å². The lowest BCUT2D eigenvalue weighted by Crippen LogP contribution is -2.12. The zero-order chi connectivity index (χ0) is 14.0. The van der Waals surface area contributed by atoms with Gasteiger partial charge in [-0.2, -0.15) is 0 Å².